The molecule has 0 bridgehead atoms. The number of nitrogens with zero attached hydrogens (tertiary/aromatic N) is 2. The number of carbonyl (C=O) groups excluding carboxylic acids is 1. The highest BCUT2D eigenvalue weighted by Gasteiger charge is 2.31. The van der Waals surface area contributed by atoms with Crippen LogP contribution in [0.25, 0.3) is 0 Å². The lowest BCUT2D eigenvalue weighted by Crippen LogP contribution is -2.53. The van der Waals surface area contributed by atoms with Crippen LogP contribution in [-0.2, 0) is 14.8 Å². The van der Waals surface area contributed by atoms with Crippen molar-refractivity contribution in [3.8, 4) is 11.5 Å². The monoisotopic (exact) mass is 469 g/mol. The zero-order valence-electron chi connectivity index (χ0n) is 19.2. The minimum atomic E-state index is -3.69. The van der Waals surface area contributed by atoms with Crippen molar-refractivity contribution < 1.29 is 27.4 Å². The second-order valence-electron chi connectivity index (χ2n) is 8.31. The standard InChI is InChI=1S/C22H35N3O6S/c1-17-6-4-5-7-19(17)31-15-10-23-22(26)24-11-13-25(14-12-24)32(27,28)18-8-9-20(29-2)21(16-18)30-3/h8-9,16-17,19H,4-7,10-15H2,1-3H3,(H,23,26). The van der Waals surface area contributed by atoms with E-state index in [0.29, 0.717) is 43.7 Å². The molecule has 32 heavy (non-hydrogen) atoms. The van der Waals surface area contributed by atoms with Crippen LogP contribution >= 0.6 is 0 Å². The van der Waals surface area contributed by atoms with Gasteiger partial charge in [-0.3, -0.25) is 0 Å². The van der Waals surface area contributed by atoms with Crippen molar-refractivity contribution in [2.45, 2.75) is 43.6 Å². The van der Waals surface area contributed by atoms with Crippen molar-refractivity contribution in [1.82, 2.24) is 14.5 Å². The van der Waals surface area contributed by atoms with Crippen LogP contribution in [0.2, 0.25) is 0 Å². The SMILES string of the molecule is COc1ccc(S(=O)(=O)N2CCN(C(=O)NCCOC3CCCCC3C)CC2)cc1OC. The smallest absolute Gasteiger partial charge is 0.317 e. The van der Waals surface area contributed by atoms with Crippen LogP contribution in [0.5, 0.6) is 11.5 Å². The Morgan fingerprint density at radius 3 is 2.41 bits per heavy atom. The Kier molecular flexibility index (Phi) is 8.61. The average Bonchev–Trinajstić information content (AvgIpc) is 2.82. The van der Waals surface area contributed by atoms with Gasteiger partial charge in [-0.15, -0.1) is 0 Å². The molecule has 2 fully saturated rings. The first-order valence-corrected chi connectivity index (χ1v) is 12.7. The summed E-state index contributed by atoms with van der Waals surface area (Å²) in [6, 6.07) is 4.35. The van der Waals surface area contributed by atoms with Crippen LogP contribution in [0.1, 0.15) is 32.6 Å². The van der Waals surface area contributed by atoms with E-state index in [9.17, 15) is 13.2 Å². The molecule has 0 aromatic heterocycles. The van der Waals surface area contributed by atoms with E-state index in [1.54, 1.807) is 11.0 Å². The lowest BCUT2D eigenvalue weighted by molar-refractivity contribution is -0.00277. The van der Waals surface area contributed by atoms with E-state index in [-0.39, 0.29) is 30.1 Å². The number of carbonyl (C=O) groups is 1. The summed E-state index contributed by atoms with van der Waals surface area (Å²) in [4.78, 5) is 14.2. The molecule has 3 rings (SSSR count). The van der Waals surface area contributed by atoms with Crippen LogP contribution in [0.3, 0.4) is 0 Å². The van der Waals surface area contributed by atoms with E-state index in [4.69, 9.17) is 14.2 Å². The molecule has 2 atom stereocenters. The average molecular weight is 470 g/mol. The molecule has 10 heteroatoms. The molecule has 1 saturated heterocycles. The highest BCUT2D eigenvalue weighted by molar-refractivity contribution is 7.89. The fourth-order valence-corrected chi connectivity index (χ4v) is 5.71. The summed E-state index contributed by atoms with van der Waals surface area (Å²) >= 11 is 0. The highest BCUT2D eigenvalue weighted by Crippen LogP contribution is 2.31. The van der Waals surface area contributed by atoms with Gasteiger partial charge in [-0.2, -0.15) is 4.31 Å². The van der Waals surface area contributed by atoms with E-state index in [1.807, 2.05) is 0 Å². The number of urea groups is 1. The van der Waals surface area contributed by atoms with Gasteiger partial charge in [0.2, 0.25) is 10.0 Å². The topological polar surface area (TPSA) is 97.4 Å². The molecule has 1 saturated carbocycles. The molecule has 180 valence electrons. The van der Waals surface area contributed by atoms with Gasteiger partial charge in [-0.05, 0) is 30.9 Å². The summed E-state index contributed by atoms with van der Waals surface area (Å²) in [6.45, 7) is 4.30. The van der Waals surface area contributed by atoms with E-state index < -0.39 is 10.0 Å². The van der Waals surface area contributed by atoms with Gasteiger partial charge in [0.05, 0.1) is 31.8 Å². The van der Waals surface area contributed by atoms with Crippen molar-refractivity contribution in [2.24, 2.45) is 5.92 Å². The fourth-order valence-electron chi connectivity index (χ4n) is 4.27. The highest BCUT2D eigenvalue weighted by atomic mass is 32.2. The molecule has 1 aliphatic heterocycles. The van der Waals surface area contributed by atoms with Crippen molar-refractivity contribution >= 4 is 16.1 Å². The van der Waals surface area contributed by atoms with Gasteiger partial charge in [0, 0.05) is 38.8 Å². The minimum absolute atomic E-state index is 0.141. The summed E-state index contributed by atoms with van der Waals surface area (Å²) in [5, 5.41) is 2.88. The third kappa shape index (κ3) is 5.85. The molecule has 0 spiro atoms. The van der Waals surface area contributed by atoms with Crippen LogP contribution < -0.4 is 14.8 Å². The predicted octanol–water partition coefficient (Wildman–Crippen LogP) is 2.32. The molecule has 1 aliphatic carbocycles. The van der Waals surface area contributed by atoms with Gasteiger partial charge < -0.3 is 24.4 Å². The summed E-state index contributed by atoms with van der Waals surface area (Å²) in [6.07, 6.45) is 5.05. The quantitative estimate of drug-likeness (QED) is 0.587. The Labute approximate surface area is 191 Å². The maximum absolute atomic E-state index is 13.0. The molecular weight excluding hydrogens is 434 g/mol. The van der Waals surface area contributed by atoms with Crippen LogP contribution in [0, 0.1) is 5.92 Å². The molecule has 1 heterocycles. The number of benzene rings is 1. The Balaban J connectivity index is 1.46. The van der Waals surface area contributed by atoms with E-state index in [1.165, 1.54) is 49.9 Å². The predicted molar refractivity (Wildman–Crippen MR) is 121 cm³/mol. The van der Waals surface area contributed by atoms with Gasteiger partial charge in [0.1, 0.15) is 0 Å². The van der Waals surface area contributed by atoms with Crippen LogP contribution in [-0.4, -0.2) is 83.3 Å². The van der Waals surface area contributed by atoms with E-state index >= 15 is 0 Å². The van der Waals surface area contributed by atoms with Crippen LogP contribution in [0.4, 0.5) is 4.79 Å². The fraction of sp³-hybridized carbons (Fsp3) is 0.682. The summed E-state index contributed by atoms with van der Waals surface area (Å²) < 4.78 is 43.8. The Hall–Kier alpha value is -2.04. The lowest BCUT2D eigenvalue weighted by Gasteiger charge is -2.34. The Morgan fingerprint density at radius 2 is 1.75 bits per heavy atom. The first-order valence-electron chi connectivity index (χ1n) is 11.2. The van der Waals surface area contributed by atoms with Gasteiger partial charge in [0.25, 0.3) is 0 Å². The third-order valence-corrected chi connectivity index (χ3v) is 8.16. The minimum Gasteiger partial charge on any atom is -0.493 e. The number of hydrogen-bond donors (Lipinski definition) is 1. The molecule has 0 radical (unpaired) electrons. The molecule has 9 nitrogen and oxygen atoms in total. The van der Waals surface area contributed by atoms with Crippen molar-refractivity contribution in [1.29, 1.82) is 0 Å². The normalized spacial score (nSPS) is 22.4. The number of piperazine rings is 1. The maximum Gasteiger partial charge on any atom is 0.317 e. The molecule has 1 aromatic rings. The lowest BCUT2D eigenvalue weighted by atomic mass is 9.88. The molecule has 1 aromatic carbocycles. The van der Waals surface area contributed by atoms with Crippen molar-refractivity contribution in [3.05, 3.63) is 18.2 Å². The first-order chi connectivity index (χ1) is 15.4. The molecule has 2 unspecified atom stereocenters. The molecular formula is C22H35N3O6S. The number of ether oxygens (including phenoxy) is 3. The van der Waals surface area contributed by atoms with Crippen molar-refractivity contribution in [3.63, 3.8) is 0 Å². The Bertz CT molecular complexity index is 870. The molecule has 2 aliphatic rings. The number of sulfonamides is 1. The van der Waals surface area contributed by atoms with Gasteiger partial charge >= 0.3 is 6.03 Å². The van der Waals surface area contributed by atoms with E-state index in [0.717, 1.165) is 6.42 Å². The number of amides is 2. The van der Waals surface area contributed by atoms with Crippen LogP contribution in [0.15, 0.2) is 23.1 Å². The summed E-state index contributed by atoms with van der Waals surface area (Å²) in [5.74, 6) is 1.39. The number of methoxy groups -OCH3 is 2. The summed E-state index contributed by atoms with van der Waals surface area (Å²) in [5.41, 5.74) is 0. The number of hydrogen-bond acceptors (Lipinski definition) is 6. The second kappa shape index (κ2) is 11.2. The number of nitrogens with one attached hydrogen (secondary N) is 1. The van der Waals surface area contributed by atoms with Gasteiger partial charge in [-0.25, -0.2) is 13.2 Å². The zero-order chi connectivity index (χ0) is 23.1. The van der Waals surface area contributed by atoms with Crippen molar-refractivity contribution in [2.75, 3.05) is 53.6 Å². The number of rotatable bonds is 8. The molecule has 1 N–H and O–H groups in total. The second-order valence-corrected chi connectivity index (χ2v) is 10.2. The van der Waals surface area contributed by atoms with Gasteiger partial charge in [-0.1, -0.05) is 19.8 Å². The zero-order valence-corrected chi connectivity index (χ0v) is 20.0. The summed E-state index contributed by atoms with van der Waals surface area (Å²) in [7, 11) is -0.724. The Morgan fingerprint density at radius 1 is 1.06 bits per heavy atom. The van der Waals surface area contributed by atoms with E-state index in [2.05, 4.69) is 12.2 Å². The van der Waals surface area contributed by atoms with Gasteiger partial charge in [0.15, 0.2) is 11.5 Å². The third-order valence-electron chi connectivity index (χ3n) is 6.26. The molecule has 2 amide bonds. The largest absolute Gasteiger partial charge is 0.493 e. The first kappa shape index (κ1) is 24.6. The maximum atomic E-state index is 13.0.